The van der Waals surface area contributed by atoms with Gasteiger partial charge < -0.3 is 25.0 Å². The third-order valence-electron chi connectivity index (χ3n) is 4.29. The molecule has 2 aromatic carbocycles. The largest absolute Gasteiger partial charge is 0.573 e. The van der Waals surface area contributed by atoms with Crippen LogP contribution in [0.1, 0.15) is 0 Å². The fourth-order valence-corrected chi connectivity index (χ4v) is 2.90. The minimum Gasteiger partial charge on any atom is -0.406 e. The molecule has 0 atom stereocenters. The van der Waals surface area contributed by atoms with Gasteiger partial charge in [-0.1, -0.05) is 18.2 Å². The van der Waals surface area contributed by atoms with E-state index < -0.39 is 6.36 Å². The van der Waals surface area contributed by atoms with Crippen molar-refractivity contribution in [1.29, 1.82) is 0 Å². The zero-order valence-electron chi connectivity index (χ0n) is 16.3. The number of ether oxygens (including phenoxy) is 2. The molecule has 1 aliphatic rings. The standard InChI is InChI=1S/C20H19F3N6O2/c21-20(22,23)31-16-8-6-15(7-9-16)25-18-26-17(24-14-4-2-1-3-5-14)27-19(28-18)29-10-12-30-13-11-29/h1-9H,10-13H2,(H2,24,25,26,27,28). The van der Waals surface area contributed by atoms with E-state index in [2.05, 4.69) is 30.3 Å². The van der Waals surface area contributed by atoms with E-state index in [1.54, 1.807) is 0 Å². The Morgan fingerprint density at radius 1 is 0.806 bits per heavy atom. The van der Waals surface area contributed by atoms with Crippen molar-refractivity contribution in [2.24, 2.45) is 0 Å². The fraction of sp³-hybridized carbons (Fsp3) is 0.250. The summed E-state index contributed by atoms with van der Waals surface area (Å²) in [6.07, 6.45) is -4.74. The molecule has 0 bridgehead atoms. The summed E-state index contributed by atoms with van der Waals surface area (Å²) in [5.74, 6) is 0.743. The van der Waals surface area contributed by atoms with E-state index in [-0.39, 0.29) is 11.7 Å². The minimum absolute atomic E-state index is 0.249. The first-order chi connectivity index (χ1) is 14.9. The zero-order valence-corrected chi connectivity index (χ0v) is 16.3. The quantitative estimate of drug-likeness (QED) is 0.603. The summed E-state index contributed by atoms with van der Waals surface area (Å²) in [5, 5.41) is 6.14. The van der Waals surface area contributed by atoms with Gasteiger partial charge in [0.2, 0.25) is 17.8 Å². The summed E-state index contributed by atoms with van der Waals surface area (Å²) >= 11 is 0. The number of aromatic nitrogens is 3. The van der Waals surface area contributed by atoms with E-state index in [4.69, 9.17) is 4.74 Å². The molecule has 2 heterocycles. The molecule has 31 heavy (non-hydrogen) atoms. The molecule has 2 N–H and O–H groups in total. The molecule has 0 unspecified atom stereocenters. The molecular weight excluding hydrogens is 413 g/mol. The minimum atomic E-state index is -4.74. The van der Waals surface area contributed by atoms with Crippen LogP contribution in [0.2, 0.25) is 0 Å². The molecular formula is C20H19F3N6O2. The summed E-state index contributed by atoms with van der Waals surface area (Å²) in [5.41, 5.74) is 1.31. The zero-order chi connectivity index (χ0) is 21.7. The highest BCUT2D eigenvalue weighted by Gasteiger charge is 2.31. The highest BCUT2D eigenvalue weighted by Crippen LogP contribution is 2.26. The Kier molecular flexibility index (Phi) is 6.03. The lowest BCUT2D eigenvalue weighted by Crippen LogP contribution is -2.37. The predicted octanol–water partition coefficient (Wildman–Crippen LogP) is 4.09. The van der Waals surface area contributed by atoms with Crippen molar-refractivity contribution in [3.8, 4) is 5.75 Å². The number of nitrogens with one attached hydrogen (secondary N) is 2. The summed E-state index contributed by atoms with van der Waals surface area (Å²) in [6.45, 7) is 2.41. The van der Waals surface area contributed by atoms with Gasteiger partial charge in [-0.15, -0.1) is 13.2 Å². The van der Waals surface area contributed by atoms with E-state index in [1.165, 1.54) is 24.3 Å². The number of morpholine rings is 1. The van der Waals surface area contributed by atoms with Crippen molar-refractivity contribution in [1.82, 2.24) is 15.0 Å². The van der Waals surface area contributed by atoms with Gasteiger partial charge in [-0.25, -0.2) is 0 Å². The molecule has 0 radical (unpaired) electrons. The Labute approximate surface area is 176 Å². The number of alkyl halides is 3. The summed E-state index contributed by atoms with van der Waals surface area (Å²) in [6, 6.07) is 14.7. The fourth-order valence-electron chi connectivity index (χ4n) is 2.90. The Bertz CT molecular complexity index is 996. The van der Waals surface area contributed by atoms with Crippen LogP contribution in [0.25, 0.3) is 0 Å². The van der Waals surface area contributed by atoms with E-state index in [9.17, 15) is 13.2 Å². The highest BCUT2D eigenvalue weighted by molar-refractivity contribution is 5.60. The average Bonchev–Trinajstić information content (AvgIpc) is 2.75. The lowest BCUT2D eigenvalue weighted by atomic mass is 10.3. The van der Waals surface area contributed by atoms with Gasteiger partial charge in [0.15, 0.2) is 0 Å². The Hall–Kier alpha value is -3.60. The van der Waals surface area contributed by atoms with Crippen LogP contribution in [0, 0.1) is 0 Å². The van der Waals surface area contributed by atoms with Crippen molar-refractivity contribution >= 4 is 29.2 Å². The molecule has 0 saturated carbocycles. The van der Waals surface area contributed by atoms with E-state index in [0.717, 1.165) is 5.69 Å². The number of anilines is 5. The van der Waals surface area contributed by atoms with Crippen LogP contribution in [-0.4, -0.2) is 47.6 Å². The molecule has 1 aliphatic heterocycles. The van der Waals surface area contributed by atoms with E-state index >= 15 is 0 Å². The van der Waals surface area contributed by atoms with Crippen molar-refractivity contribution in [2.75, 3.05) is 41.8 Å². The van der Waals surface area contributed by atoms with Gasteiger partial charge in [0.1, 0.15) is 5.75 Å². The first-order valence-electron chi connectivity index (χ1n) is 9.48. The van der Waals surface area contributed by atoms with Crippen LogP contribution >= 0.6 is 0 Å². The molecule has 1 aromatic heterocycles. The molecule has 3 aromatic rings. The number of hydrogen-bond acceptors (Lipinski definition) is 8. The van der Waals surface area contributed by atoms with E-state index in [0.29, 0.717) is 43.9 Å². The molecule has 11 heteroatoms. The van der Waals surface area contributed by atoms with Crippen LogP contribution < -0.4 is 20.3 Å². The van der Waals surface area contributed by atoms with Crippen molar-refractivity contribution in [2.45, 2.75) is 6.36 Å². The number of nitrogens with zero attached hydrogens (tertiary/aromatic N) is 4. The first-order valence-corrected chi connectivity index (χ1v) is 9.48. The second-order valence-corrected chi connectivity index (χ2v) is 6.57. The number of benzene rings is 2. The molecule has 162 valence electrons. The topological polar surface area (TPSA) is 84.4 Å². The molecule has 4 rings (SSSR count). The maximum atomic E-state index is 12.3. The van der Waals surface area contributed by atoms with Gasteiger partial charge in [0, 0.05) is 24.5 Å². The molecule has 0 amide bonds. The molecule has 0 aliphatic carbocycles. The summed E-state index contributed by atoms with van der Waals surface area (Å²) in [4.78, 5) is 15.3. The monoisotopic (exact) mass is 432 g/mol. The Morgan fingerprint density at radius 2 is 1.39 bits per heavy atom. The van der Waals surface area contributed by atoms with Crippen molar-refractivity contribution in [3.63, 3.8) is 0 Å². The van der Waals surface area contributed by atoms with E-state index in [1.807, 2.05) is 35.2 Å². The highest BCUT2D eigenvalue weighted by atomic mass is 19.4. The molecule has 0 spiro atoms. The Balaban J connectivity index is 1.57. The van der Waals surface area contributed by atoms with Crippen LogP contribution in [0.3, 0.4) is 0 Å². The average molecular weight is 432 g/mol. The Morgan fingerprint density at radius 3 is 1.97 bits per heavy atom. The number of halogens is 3. The number of rotatable bonds is 6. The maximum Gasteiger partial charge on any atom is 0.573 e. The second kappa shape index (κ2) is 9.04. The van der Waals surface area contributed by atoms with Gasteiger partial charge in [-0.3, -0.25) is 0 Å². The van der Waals surface area contributed by atoms with Crippen LogP contribution in [0.5, 0.6) is 5.75 Å². The van der Waals surface area contributed by atoms with Gasteiger partial charge in [0.25, 0.3) is 0 Å². The lowest BCUT2D eigenvalue weighted by molar-refractivity contribution is -0.274. The smallest absolute Gasteiger partial charge is 0.406 e. The number of hydrogen-bond donors (Lipinski definition) is 2. The summed E-state index contributed by atoms with van der Waals surface area (Å²) in [7, 11) is 0. The van der Waals surface area contributed by atoms with Gasteiger partial charge in [-0.05, 0) is 36.4 Å². The third kappa shape index (κ3) is 5.95. The van der Waals surface area contributed by atoms with Gasteiger partial charge in [-0.2, -0.15) is 15.0 Å². The SMILES string of the molecule is FC(F)(F)Oc1ccc(Nc2nc(Nc3ccccc3)nc(N3CCOCC3)n2)cc1. The van der Waals surface area contributed by atoms with Gasteiger partial charge in [0.05, 0.1) is 13.2 Å². The molecule has 1 fully saturated rings. The number of para-hydroxylation sites is 1. The normalized spacial score (nSPS) is 14.2. The third-order valence-corrected chi connectivity index (χ3v) is 4.29. The van der Waals surface area contributed by atoms with Crippen LogP contribution in [-0.2, 0) is 4.74 Å². The second-order valence-electron chi connectivity index (χ2n) is 6.57. The van der Waals surface area contributed by atoms with Crippen LogP contribution in [0.4, 0.5) is 42.4 Å². The van der Waals surface area contributed by atoms with Crippen LogP contribution in [0.15, 0.2) is 54.6 Å². The predicted molar refractivity (Wildman–Crippen MR) is 109 cm³/mol. The van der Waals surface area contributed by atoms with Crippen molar-refractivity contribution < 1.29 is 22.6 Å². The molecule has 1 saturated heterocycles. The lowest BCUT2D eigenvalue weighted by Gasteiger charge is -2.27. The molecule has 8 nitrogen and oxygen atoms in total. The van der Waals surface area contributed by atoms with Gasteiger partial charge >= 0.3 is 6.36 Å². The summed E-state index contributed by atoms with van der Waals surface area (Å²) < 4.78 is 46.3. The maximum absolute atomic E-state index is 12.3. The van der Waals surface area contributed by atoms with Crippen molar-refractivity contribution in [3.05, 3.63) is 54.6 Å². The first kappa shape index (κ1) is 20.7.